The Bertz CT molecular complexity index is 400. The highest BCUT2D eigenvalue weighted by Crippen LogP contribution is 2.24. The first kappa shape index (κ1) is 14.4. The van der Waals surface area contributed by atoms with Crippen molar-refractivity contribution in [3.8, 4) is 5.75 Å². The first-order valence-corrected chi connectivity index (χ1v) is 7.29. The average Bonchev–Trinajstić information content (AvgIpc) is 2.36. The summed E-state index contributed by atoms with van der Waals surface area (Å²) in [6.07, 6.45) is 1.03. The van der Waals surface area contributed by atoms with E-state index in [1.165, 1.54) is 24.2 Å². The fraction of sp³-hybridized carbons (Fsp3) is 0.625. The second-order valence-electron chi connectivity index (χ2n) is 5.70. The zero-order chi connectivity index (χ0) is 13.7. The number of hydrogen-bond donors (Lipinski definition) is 2. The summed E-state index contributed by atoms with van der Waals surface area (Å²) in [5, 5.41) is 6.84. The molecule has 106 valence electrons. The van der Waals surface area contributed by atoms with Gasteiger partial charge in [-0.05, 0) is 42.0 Å². The van der Waals surface area contributed by atoms with Crippen LogP contribution < -0.4 is 15.4 Å². The third kappa shape index (κ3) is 3.95. The predicted molar refractivity (Wildman–Crippen MR) is 80.0 cm³/mol. The Morgan fingerprint density at radius 3 is 2.74 bits per heavy atom. The lowest BCUT2D eigenvalue weighted by Gasteiger charge is -2.27. The molecule has 1 aromatic rings. The van der Waals surface area contributed by atoms with E-state index < -0.39 is 0 Å². The predicted octanol–water partition coefficient (Wildman–Crippen LogP) is 2.17. The van der Waals surface area contributed by atoms with Gasteiger partial charge in [0, 0.05) is 19.6 Å². The zero-order valence-electron chi connectivity index (χ0n) is 12.3. The minimum Gasteiger partial charge on any atom is -0.496 e. The normalized spacial score (nSPS) is 15.6. The molecule has 1 aliphatic rings. The molecule has 1 aliphatic heterocycles. The third-order valence-corrected chi connectivity index (χ3v) is 3.84. The molecule has 0 spiro atoms. The topological polar surface area (TPSA) is 33.3 Å². The van der Waals surface area contributed by atoms with Gasteiger partial charge in [0.25, 0.3) is 0 Å². The third-order valence-electron chi connectivity index (χ3n) is 3.84. The SMILES string of the molecule is COc1ccc(C(C)C)cc1CCNCC1CNC1. The van der Waals surface area contributed by atoms with Gasteiger partial charge in [-0.3, -0.25) is 0 Å². The van der Waals surface area contributed by atoms with Crippen molar-refractivity contribution in [1.82, 2.24) is 10.6 Å². The Labute approximate surface area is 116 Å². The molecule has 1 heterocycles. The van der Waals surface area contributed by atoms with E-state index in [1.807, 2.05) is 0 Å². The number of hydrogen-bond acceptors (Lipinski definition) is 3. The number of methoxy groups -OCH3 is 1. The molecule has 3 nitrogen and oxygen atoms in total. The van der Waals surface area contributed by atoms with Crippen molar-refractivity contribution >= 4 is 0 Å². The molecule has 3 heteroatoms. The average molecular weight is 262 g/mol. The maximum absolute atomic E-state index is 5.45. The molecule has 1 aromatic carbocycles. The maximum Gasteiger partial charge on any atom is 0.122 e. The van der Waals surface area contributed by atoms with Crippen LogP contribution in [-0.2, 0) is 6.42 Å². The monoisotopic (exact) mass is 262 g/mol. The van der Waals surface area contributed by atoms with Crippen molar-refractivity contribution < 1.29 is 4.74 Å². The molecule has 0 amide bonds. The molecule has 0 saturated carbocycles. The molecule has 0 unspecified atom stereocenters. The van der Waals surface area contributed by atoms with Gasteiger partial charge in [0.1, 0.15) is 5.75 Å². The largest absolute Gasteiger partial charge is 0.496 e. The van der Waals surface area contributed by atoms with E-state index in [9.17, 15) is 0 Å². The molecule has 0 atom stereocenters. The highest BCUT2D eigenvalue weighted by molar-refractivity contribution is 5.38. The highest BCUT2D eigenvalue weighted by atomic mass is 16.5. The maximum atomic E-state index is 5.45. The van der Waals surface area contributed by atoms with E-state index in [0.29, 0.717) is 5.92 Å². The van der Waals surface area contributed by atoms with Crippen LogP contribution in [0.1, 0.15) is 30.9 Å². The van der Waals surface area contributed by atoms with E-state index in [4.69, 9.17) is 4.74 Å². The lowest BCUT2D eigenvalue weighted by atomic mass is 9.98. The quantitative estimate of drug-likeness (QED) is 0.739. The van der Waals surface area contributed by atoms with Crippen LogP contribution in [0, 0.1) is 5.92 Å². The van der Waals surface area contributed by atoms with Crippen molar-refractivity contribution in [2.75, 3.05) is 33.3 Å². The van der Waals surface area contributed by atoms with Crippen molar-refractivity contribution in [1.29, 1.82) is 0 Å². The number of rotatable bonds is 7. The van der Waals surface area contributed by atoms with Gasteiger partial charge < -0.3 is 15.4 Å². The lowest BCUT2D eigenvalue weighted by molar-refractivity contribution is 0.332. The molecule has 0 aromatic heterocycles. The van der Waals surface area contributed by atoms with Crippen molar-refractivity contribution in [2.45, 2.75) is 26.2 Å². The summed E-state index contributed by atoms with van der Waals surface area (Å²) in [6.45, 7) is 8.94. The van der Waals surface area contributed by atoms with E-state index in [1.54, 1.807) is 7.11 Å². The Morgan fingerprint density at radius 1 is 1.37 bits per heavy atom. The lowest BCUT2D eigenvalue weighted by Crippen LogP contribution is -2.47. The Hall–Kier alpha value is -1.06. The van der Waals surface area contributed by atoms with Crippen molar-refractivity contribution in [3.63, 3.8) is 0 Å². The molecular formula is C16H26N2O. The van der Waals surface area contributed by atoms with E-state index in [0.717, 1.165) is 31.2 Å². The molecule has 0 aliphatic carbocycles. The van der Waals surface area contributed by atoms with E-state index >= 15 is 0 Å². The fourth-order valence-corrected chi connectivity index (χ4v) is 2.38. The number of ether oxygens (including phenoxy) is 1. The van der Waals surface area contributed by atoms with Crippen LogP contribution in [-0.4, -0.2) is 33.3 Å². The standard InChI is InChI=1S/C16H26N2O/c1-12(2)14-4-5-16(19-3)15(8-14)6-7-17-9-13-10-18-11-13/h4-5,8,12-13,17-18H,6-7,9-11H2,1-3H3. The number of benzene rings is 1. The van der Waals surface area contributed by atoms with Gasteiger partial charge in [-0.15, -0.1) is 0 Å². The molecule has 0 radical (unpaired) electrons. The summed E-state index contributed by atoms with van der Waals surface area (Å²) in [7, 11) is 1.75. The minimum atomic E-state index is 0.568. The van der Waals surface area contributed by atoms with Crippen molar-refractivity contribution in [2.24, 2.45) is 5.92 Å². The molecule has 2 N–H and O–H groups in total. The first-order valence-electron chi connectivity index (χ1n) is 7.29. The molecule has 1 saturated heterocycles. The first-order chi connectivity index (χ1) is 9.20. The molecule has 2 rings (SSSR count). The van der Waals surface area contributed by atoms with Gasteiger partial charge in [0.2, 0.25) is 0 Å². The zero-order valence-corrected chi connectivity index (χ0v) is 12.3. The fourth-order valence-electron chi connectivity index (χ4n) is 2.38. The van der Waals surface area contributed by atoms with Gasteiger partial charge in [0.05, 0.1) is 7.11 Å². The summed E-state index contributed by atoms with van der Waals surface area (Å²) in [5.74, 6) is 2.40. The Morgan fingerprint density at radius 2 is 2.16 bits per heavy atom. The van der Waals surface area contributed by atoms with Crippen LogP contribution in [0.4, 0.5) is 0 Å². The Balaban J connectivity index is 1.87. The molecule has 0 bridgehead atoms. The van der Waals surface area contributed by atoms with Crippen LogP contribution >= 0.6 is 0 Å². The van der Waals surface area contributed by atoms with Gasteiger partial charge in [-0.25, -0.2) is 0 Å². The van der Waals surface area contributed by atoms with Gasteiger partial charge >= 0.3 is 0 Å². The van der Waals surface area contributed by atoms with Crippen LogP contribution in [0.3, 0.4) is 0 Å². The Kier molecular flexibility index (Phi) is 5.23. The van der Waals surface area contributed by atoms with Crippen LogP contribution in [0.25, 0.3) is 0 Å². The summed E-state index contributed by atoms with van der Waals surface area (Å²) in [5.41, 5.74) is 2.70. The summed E-state index contributed by atoms with van der Waals surface area (Å²) >= 11 is 0. The van der Waals surface area contributed by atoms with Crippen LogP contribution in [0.2, 0.25) is 0 Å². The smallest absolute Gasteiger partial charge is 0.122 e. The highest BCUT2D eigenvalue weighted by Gasteiger charge is 2.15. The molecule has 1 fully saturated rings. The van der Waals surface area contributed by atoms with Crippen LogP contribution in [0.15, 0.2) is 18.2 Å². The molecular weight excluding hydrogens is 236 g/mol. The van der Waals surface area contributed by atoms with Gasteiger partial charge in [-0.1, -0.05) is 26.0 Å². The van der Waals surface area contributed by atoms with E-state index in [2.05, 4.69) is 42.7 Å². The minimum absolute atomic E-state index is 0.568. The van der Waals surface area contributed by atoms with Crippen LogP contribution in [0.5, 0.6) is 5.75 Å². The van der Waals surface area contributed by atoms with Gasteiger partial charge in [0.15, 0.2) is 0 Å². The van der Waals surface area contributed by atoms with E-state index in [-0.39, 0.29) is 0 Å². The summed E-state index contributed by atoms with van der Waals surface area (Å²) in [4.78, 5) is 0. The second-order valence-corrected chi connectivity index (χ2v) is 5.70. The second kappa shape index (κ2) is 6.92. The summed E-state index contributed by atoms with van der Waals surface area (Å²) < 4.78 is 5.45. The van der Waals surface area contributed by atoms with Crippen molar-refractivity contribution in [3.05, 3.63) is 29.3 Å². The molecule has 19 heavy (non-hydrogen) atoms. The summed E-state index contributed by atoms with van der Waals surface area (Å²) in [6, 6.07) is 6.55. The van der Waals surface area contributed by atoms with Gasteiger partial charge in [-0.2, -0.15) is 0 Å². The number of nitrogens with one attached hydrogen (secondary N) is 2.